The Morgan fingerprint density at radius 1 is 1.12 bits per heavy atom. The van der Waals surface area contributed by atoms with Gasteiger partial charge in [0.15, 0.2) is 0 Å². The van der Waals surface area contributed by atoms with Gasteiger partial charge in [-0.05, 0) is 29.8 Å². The molecule has 1 aromatic heterocycles. The predicted octanol–water partition coefficient (Wildman–Crippen LogP) is 3.15. The molecule has 5 nitrogen and oxygen atoms in total. The van der Waals surface area contributed by atoms with Crippen molar-refractivity contribution in [2.75, 3.05) is 31.1 Å². The van der Waals surface area contributed by atoms with Gasteiger partial charge in [-0.1, -0.05) is 29.3 Å². The zero-order chi connectivity index (χ0) is 17.8. The van der Waals surface area contributed by atoms with Crippen molar-refractivity contribution in [2.24, 2.45) is 0 Å². The van der Waals surface area contributed by atoms with Gasteiger partial charge in [-0.25, -0.2) is 4.98 Å². The lowest BCUT2D eigenvalue weighted by atomic mass is 10.1. The van der Waals surface area contributed by atoms with E-state index in [2.05, 4.69) is 11.1 Å². The number of carbonyl (C=O) groups excluding carboxylic acids is 1. The van der Waals surface area contributed by atoms with Crippen molar-refractivity contribution in [3.8, 4) is 6.07 Å². The smallest absolute Gasteiger partial charge is 0.227 e. The van der Waals surface area contributed by atoms with Crippen molar-refractivity contribution in [1.29, 1.82) is 5.26 Å². The Labute approximate surface area is 156 Å². The summed E-state index contributed by atoms with van der Waals surface area (Å²) in [4.78, 5) is 20.7. The molecule has 0 radical (unpaired) electrons. The maximum atomic E-state index is 12.6. The van der Waals surface area contributed by atoms with Crippen LogP contribution < -0.4 is 4.90 Å². The molecular formula is C18H16Cl2N4O. The Hall–Kier alpha value is -2.29. The molecule has 7 heteroatoms. The number of amides is 1. The molecule has 0 unspecified atom stereocenters. The van der Waals surface area contributed by atoms with E-state index in [-0.39, 0.29) is 12.3 Å². The van der Waals surface area contributed by atoms with E-state index in [1.54, 1.807) is 41.4 Å². The third-order valence-electron chi connectivity index (χ3n) is 4.23. The Morgan fingerprint density at radius 3 is 2.44 bits per heavy atom. The molecule has 0 bridgehead atoms. The van der Waals surface area contributed by atoms with E-state index in [0.29, 0.717) is 53.2 Å². The highest BCUT2D eigenvalue weighted by atomic mass is 35.5. The molecular weight excluding hydrogens is 359 g/mol. The van der Waals surface area contributed by atoms with Crippen LogP contribution in [0.1, 0.15) is 11.1 Å². The molecule has 1 amide bonds. The molecule has 1 aromatic carbocycles. The molecule has 3 rings (SSSR count). The number of hydrogen-bond donors (Lipinski definition) is 0. The average molecular weight is 375 g/mol. The van der Waals surface area contributed by atoms with E-state index in [0.717, 1.165) is 0 Å². The van der Waals surface area contributed by atoms with Crippen LogP contribution in [0.4, 0.5) is 5.82 Å². The minimum Gasteiger partial charge on any atom is -0.352 e. The SMILES string of the molecule is N#Cc1cccnc1N1CCN(C(=O)Cc2c(Cl)cccc2Cl)CC1. The number of aromatic nitrogens is 1. The first-order chi connectivity index (χ1) is 12.1. The topological polar surface area (TPSA) is 60.2 Å². The Bertz CT molecular complexity index is 806. The molecule has 1 aliphatic rings. The molecule has 0 spiro atoms. The second kappa shape index (κ2) is 7.73. The van der Waals surface area contributed by atoms with Gasteiger partial charge in [-0.15, -0.1) is 0 Å². The van der Waals surface area contributed by atoms with Crippen LogP contribution >= 0.6 is 23.2 Å². The fourth-order valence-electron chi connectivity index (χ4n) is 2.87. The molecule has 0 saturated carbocycles. The van der Waals surface area contributed by atoms with Gasteiger partial charge in [-0.3, -0.25) is 4.79 Å². The number of anilines is 1. The summed E-state index contributed by atoms with van der Waals surface area (Å²) in [7, 11) is 0. The Balaban J connectivity index is 1.64. The van der Waals surface area contributed by atoms with Crippen molar-refractivity contribution in [1.82, 2.24) is 9.88 Å². The molecule has 128 valence electrons. The monoisotopic (exact) mass is 374 g/mol. The van der Waals surface area contributed by atoms with E-state index in [4.69, 9.17) is 23.2 Å². The molecule has 2 heterocycles. The molecule has 25 heavy (non-hydrogen) atoms. The van der Waals surface area contributed by atoms with Crippen molar-refractivity contribution in [3.63, 3.8) is 0 Å². The number of benzene rings is 1. The van der Waals surface area contributed by atoms with Crippen LogP contribution in [-0.2, 0) is 11.2 Å². The second-order valence-electron chi connectivity index (χ2n) is 5.73. The number of piperazine rings is 1. The summed E-state index contributed by atoms with van der Waals surface area (Å²) in [6, 6.07) is 10.9. The molecule has 0 aliphatic carbocycles. The summed E-state index contributed by atoms with van der Waals surface area (Å²) in [5.41, 5.74) is 1.21. The van der Waals surface area contributed by atoms with E-state index >= 15 is 0 Å². The van der Waals surface area contributed by atoms with Gasteiger partial charge in [0.2, 0.25) is 5.91 Å². The van der Waals surface area contributed by atoms with Crippen LogP contribution in [0.15, 0.2) is 36.5 Å². The lowest BCUT2D eigenvalue weighted by Gasteiger charge is -2.35. The van der Waals surface area contributed by atoms with Gasteiger partial charge in [0.05, 0.1) is 12.0 Å². The van der Waals surface area contributed by atoms with Gasteiger partial charge in [0.1, 0.15) is 11.9 Å². The normalized spacial score (nSPS) is 14.3. The maximum absolute atomic E-state index is 12.6. The third kappa shape index (κ3) is 3.87. The van der Waals surface area contributed by atoms with Crippen LogP contribution in [0.3, 0.4) is 0 Å². The summed E-state index contributed by atoms with van der Waals surface area (Å²) in [6.07, 6.45) is 1.86. The standard InChI is InChI=1S/C18H16Cl2N4O/c19-15-4-1-5-16(20)14(15)11-17(25)23-7-9-24(10-8-23)18-13(12-21)3-2-6-22-18/h1-6H,7-11H2. The molecule has 2 aromatic rings. The van der Waals surface area contributed by atoms with Gasteiger partial charge in [-0.2, -0.15) is 5.26 Å². The number of carbonyl (C=O) groups is 1. The highest BCUT2D eigenvalue weighted by Gasteiger charge is 2.24. The number of halogens is 2. The minimum absolute atomic E-state index is 0.00354. The quantitative estimate of drug-likeness (QED) is 0.827. The minimum atomic E-state index is -0.00354. The van der Waals surface area contributed by atoms with Crippen molar-refractivity contribution in [3.05, 3.63) is 57.7 Å². The summed E-state index contributed by atoms with van der Waals surface area (Å²) in [6.45, 7) is 2.41. The number of rotatable bonds is 3. The average Bonchev–Trinajstić information content (AvgIpc) is 2.65. The fraction of sp³-hybridized carbons (Fsp3) is 0.278. The Morgan fingerprint density at radius 2 is 1.80 bits per heavy atom. The van der Waals surface area contributed by atoms with Gasteiger partial charge in [0, 0.05) is 42.4 Å². The highest BCUT2D eigenvalue weighted by molar-refractivity contribution is 6.36. The van der Waals surface area contributed by atoms with Gasteiger partial charge < -0.3 is 9.80 Å². The molecule has 1 saturated heterocycles. The van der Waals surface area contributed by atoms with Crippen LogP contribution in [0.25, 0.3) is 0 Å². The van der Waals surface area contributed by atoms with Crippen molar-refractivity contribution >= 4 is 34.9 Å². The summed E-state index contributed by atoms with van der Waals surface area (Å²) < 4.78 is 0. The number of hydrogen-bond acceptors (Lipinski definition) is 4. The van der Waals surface area contributed by atoms with Gasteiger partial charge >= 0.3 is 0 Å². The van der Waals surface area contributed by atoms with Gasteiger partial charge in [0.25, 0.3) is 0 Å². The van der Waals surface area contributed by atoms with E-state index in [9.17, 15) is 10.1 Å². The Kier molecular flexibility index (Phi) is 5.42. The first-order valence-electron chi connectivity index (χ1n) is 7.91. The molecule has 0 N–H and O–H groups in total. The zero-order valence-electron chi connectivity index (χ0n) is 13.5. The van der Waals surface area contributed by atoms with Crippen LogP contribution in [0, 0.1) is 11.3 Å². The predicted molar refractivity (Wildman–Crippen MR) is 97.9 cm³/mol. The van der Waals surface area contributed by atoms with E-state index in [1.165, 1.54) is 0 Å². The number of pyridine rings is 1. The summed E-state index contributed by atoms with van der Waals surface area (Å²) >= 11 is 12.3. The van der Waals surface area contributed by atoms with Crippen molar-refractivity contribution in [2.45, 2.75) is 6.42 Å². The van der Waals surface area contributed by atoms with E-state index in [1.807, 2.05) is 4.90 Å². The van der Waals surface area contributed by atoms with Crippen LogP contribution in [0.5, 0.6) is 0 Å². The highest BCUT2D eigenvalue weighted by Crippen LogP contribution is 2.25. The lowest BCUT2D eigenvalue weighted by Crippen LogP contribution is -2.49. The summed E-state index contributed by atoms with van der Waals surface area (Å²) in [5, 5.41) is 10.2. The van der Waals surface area contributed by atoms with Crippen LogP contribution in [-0.4, -0.2) is 42.0 Å². The largest absolute Gasteiger partial charge is 0.352 e. The van der Waals surface area contributed by atoms with Crippen LogP contribution in [0.2, 0.25) is 10.0 Å². The number of nitriles is 1. The second-order valence-corrected chi connectivity index (χ2v) is 6.55. The first kappa shape index (κ1) is 17.5. The molecule has 1 aliphatic heterocycles. The third-order valence-corrected chi connectivity index (χ3v) is 4.94. The molecule has 0 atom stereocenters. The van der Waals surface area contributed by atoms with E-state index < -0.39 is 0 Å². The first-order valence-corrected chi connectivity index (χ1v) is 8.66. The van der Waals surface area contributed by atoms with Crippen molar-refractivity contribution < 1.29 is 4.79 Å². The fourth-order valence-corrected chi connectivity index (χ4v) is 3.40. The summed E-state index contributed by atoms with van der Waals surface area (Å²) in [5.74, 6) is 0.669. The maximum Gasteiger partial charge on any atom is 0.227 e. The lowest BCUT2D eigenvalue weighted by molar-refractivity contribution is -0.130. The number of nitrogens with zero attached hydrogens (tertiary/aromatic N) is 4. The zero-order valence-corrected chi connectivity index (χ0v) is 15.0. The molecule has 1 fully saturated rings.